The van der Waals surface area contributed by atoms with Crippen LogP contribution in [0.15, 0.2) is 0 Å². The van der Waals surface area contributed by atoms with Crippen LogP contribution in [0.4, 0.5) is 0 Å². The number of rotatable bonds is 5. The molecule has 0 aliphatic heterocycles. The zero-order valence-corrected chi connectivity index (χ0v) is 10.0. The van der Waals surface area contributed by atoms with Crippen molar-refractivity contribution in [3.8, 4) is 0 Å². The summed E-state index contributed by atoms with van der Waals surface area (Å²) in [5, 5.41) is 0. The summed E-state index contributed by atoms with van der Waals surface area (Å²) in [5.41, 5.74) is 0.0256. The van der Waals surface area contributed by atoms with Gasteiger partial charge in [-0.15, -0.1) is 0 Å². The van der Waals surface area contributed by atoms with Gasteiger partial charge in [0.05, 0.1) is 6.26 Å². The number of sulfonamides is 1. The van der Waals surface area contributed by atoms with E-state index >= 15 is 0 Å². The van der Waals surface area contributed by atoms with Crippen LogP contribution in [0, 0.1) is 11.3 Å². The topological polar surface area (TPSA) is 46.2 Å². The molecule has 0 heterocycles. The predicted octanol–water partition coefficient (Wildman–Crippen LogP) is 1.61. The third-order valence-electron chi connectivity index (χ3n) is 2.74. The molecule has 0 fully saturated rings. The van der Waals surface area contributed by atoms with Gasteiger partial charge in [-0.25, -0.2) is 13.1 Å². The molecule has 1 N–H and O–H groups in total. The molecule has 0 rings (SSSR count). The molecule has 0 aromatic carbocycles. The van der Waals surface area contributed by atoms with Crippen LogP contribution in [0.3, 0.4) is 0 Å². The van der Waals surface area contributed by atoms with Crippen LogP contribution in [-0.2, 0) is 10.0 Å². The lowest BCUT2D eigenvalue weighted by atomic mass is 9.79. The van der Waals surface area contributed by atoms with Crippen molar-refractivity contribution in [2.75, 3.05) is 12.8 Å². The van der Waals surface area contributed by atoms with Crippen molar-refractivity contribution in [2.45, 2.75) is 34.1 Å². The van der Waals surface area contributed by atoms with Crippen LogP contribution in [0.2, 0.25) is 0 Å². The fourth-order valence-corrected chi connectivity index (χ4v) is 1.68. The van der Waals surface area contributed by atoms with Crippen molar-refractivity contribution in [1.82, 2.24) is 4.72 Å². The Balaban J connectivity index is 4.19. The molecule has 80 valence electrons. The van der Waals surface area contributed by atoms with Crippen LogP contribution in [-0.4, -0.2) is 21.2 Å². The molecule has 0 saturated heterocycles. The highest BCUT2D eigenvalue weighted by Crippen LogP contribution is 2.27. The zero-order valence-electron chi connectivity index (χ0n) is 9.22. The van der Waals surface area contributed by atoms with Crippen LogP contribution in [0.1, 0.15) is 34.1 Å². The molecule has 0 amide bonds. The summed E-state index contributed by atoms with van der Waals surface area (Å²) in [6.07, 6.45) is 2.26. The average molecular weight is 207 g/mol. The molecule has 3 nitrogen and oxygen atoms in total. The number of hydrogen-bond donors (Lipinski definition) is 1. The average Bonchev–Trinajstić information content (AvgIpc) is 1.98. The summed E-state index contributed by atoms with van der Waals surface area (Å²) in [4.78, 5) is 0. The first-order valence-electron chi connectivity index (χ1n) is 4.63. The second-order valence-corrected chi connectivity index (χ2v) is 6.22. The third kappa shape index (κ3) is 5.26. The molecule has 0 spiro atoms. The highest BCUT2D eigenvalue weighted by molar-refractivity contribution is 7.88. The summed E-state index contributed by atoms with van der Waals surface area (Å²) in [6, 6.07) is 0. The first-order valence-corrected chi connectivity index (χ1v) is 6.53. The SMILES string of the molecule is CC[C@H](C)C(C)(C)CNS(C)(=O)=O. The Morgan fingerprint density at radius 3 is 2.15 bits per heavy atom. The molecule has 0 unspecified atom stereocenters. The number of nitrogens with one attached hydrogen (secondary N) is 1. The molecule has 0 bridgehead atoms. The minimum Gasteiger partial charge on any atom is -0.215 e. The van der Waals surface area contributed by atoms with Gasteiger partial charge in [0.1, 0.15) is 0 Å². The normalized spacial score (nSPS) is 15.8. The van der Waals surface area contributed by atoms with Gasteiger partial charge in [0.25, 0.3) is 0 Å². The summed E-state index contributed by atoms with van der Waals surface area (Å²) >= 11 is 0. The molecule has 0 radical (unpaired) electrons. The van der Waals surface area contributed by atoms with Crippen LogP contribution < -0.4 is 4.72 Å². The van der Waals surface area contributed by atoms with Crippen molar-refractivity contribution in [3.63, 3.8) is 0 Å². The Labute approximate surface area is 82.0 Å². The zero-order chi connectivity index (χ0) is 10.7. The van der Waals surface area contributed by atoms with Crippen LogP contribution in [0.25, 0.3) is 0 Å². The Morgan fingerprint density at radius 1 is 1.38 bits per heavy atom. The Bertz CT molecular complexity index is 244. The highest BCUT2D eigenvalue weighted by atomic mass is 32.2. The van der Waals surface area contributed by atoms with Crippen LogP contribution in [0.5, 0.6) is 0 Å². The van der Waals surface area contributed by atoms with Gasteiger partial charge < -0.3 is 0 Å². The van der Waals surface area contributed by atoms with E-state index in [9.17, 15) is 8.42 Å². The lowest BCUT2D eigenvalue weighted by Gasteiger charge is -2.30. The van der Waals surface area contributed by atoms with Gasteiger partial charge in [0.2, 0.25) is 10.0 Å². The summed E-state index contributed by atoms with van der Waals surface area (Å²) in [5.74, 6) is 0.516. The molecule has 0 saturated carbocycles. The van der Waals surface area contributed by atoms with E-state index < -0.39 is 10.0 Å². The van der Waals surface area contributed by atoms with E-state index in [1.807, 2.05) is 0 Å². The van der Waals surface area contributed by atoms with E-state index in [2.05, 4.69) is 32.4 Å². The van der Waals surface area contributed by atoms with E-state index in [1.165, 1.54) is 6.26 Å². The van der Waals surface area contributed by atoms with E-state index in [4.69, 9.17) is 0 Å². The largest absolute Gasteiger partial charge is 0.215 e. The lowest BCUT2D eigenvalue weighted by molar-refractivity contribution is 0.227. The van der Waals surface area contributed by atoms with Gasteiger partial charge in [-0.2, -0.15) is 0 Å². The Kier molecular flexibility index (Phi) is 4.39. The predicted molar refractivity (Wildman–Crippen MR) is 56.1 cm³/mol. The lowest BCUT2D eigenvalue weighted by Crippen LogP contribution is -2.37. The summed E-state index contributed by atoms with van der Waals surface area (Å²) in [7, 11) is -3.05. The molecule has 0 aromatic rings. The first kappa shape index (κ1) is 12.9. The molecule has 0 aliphatic rings. The molecule has 0 aromatic heterocycles. The molecular weight excluding hydrogens is 186 g/mol. The summed E-state index contributed by atoms with van der Waals surface area (Å²) in [6.45, 7) is 8.94. The molecule has 4 heteroatoms. The van der Waals surface area contributed by atoms with E-state index in [-0.39, 0.29) is 5.41 Å². The Morgan fingerprint density at radius 2 is 1.85 bits per heavy atom. The van der Waals surface area contributed by atoms with Crippen molar-refractivity contribution in [1.29, 1.82) is 0 Å². The van der Waals surface area contributed by atoms with Gasteiger partial charge in [-0.05, 0) is 11.3 Å². The maximum atomic E-state index is 10.9. The molecule has 1 atom stereocenters. The maximum absolute atomic E-state index is 10.9. The van der Waals surface area contributed by atoms with Crippen molar-refractivity contribution < 1.29 is 8.42 Å². The fraction of sp³-hybridized carbons (Fsp3) is 1.00. The third-order valence-corrected chi connectivity index (χ3v) is 3.41. The fourth-order valence-electron chi connectivity index (χ4n) is 1.04. The van der Waals surface area contributed by atoms with Gasteiger partial charge in [0.15, 0.2) is 0 Å². The molecule has 0 aliphatic carbocycles. The van der Waals surface area contributed by atoms with E-state index in [0.717, 1.165) is 6.42 Å². The van der Waals surface area contributed by atoms with E-state index in [0.29, 0.717) is 12.5 Å². The maximum Gasteiger partial charge on any atom is 0.208 e. The minimum atomic E-state index is -3.05. The van der Waals surface area contributed by atoms with Crippen LogP contribution >= 0.6 is 0 Å². The highest BCUT2D eigenvalue weighted by Gasteiger charge is 2.25. The van der Waals surface area contributed by atoms with Gasteiger partial charge >= 0.3 is 0 Å². The van der Waals surface area contributed by atoms with E-state index in [1.54, 1.807) is 0 Å². The van der Waals surface area contributed by atoms with Crippen molar-refractivity contribution in [2.24, 2.45) is 11.3 Å². The quantitative estimate of drug-likeness (QED) is 0.744. The minimum absolute atomic E-state index is 0.0256. The smallest absolute Gasteiger partial charge is 0.208 e. The second kappa shape index (κ2) is 4.42. The van der Waals surface area contributed by atoms with Crippen molar-refractivity contribution >= 4 is 10.0 Å². The monoisotopic (exact) mass is 207 g/mol. The van der Waals surface area contributed by atoms with Gasteiger partial charge in [-0.1, -0.05) is 34.1 Å². The van der Waals surface area contributed by atoms with Crippen molar-refractivity contribution in [3.05, 3.63) is 0 Å². The standard InChI is InChI=1S/C9H21NO2S/c1-6-8(2)9(3,4)7-10-13(5,11)12/h8,10H,6-7H2,1-5H3/t8-/m0/s1. The summed E-state index contributed by atoms with van der Waals surface area (Å²) < 4.78 is 24.3. The second-order valence-electron chi connectivity index (χ2n) is 4.39. The molecule has 13 heavy (non-hydrogen) atoms. The Hall–Kier alpha value is -0.0900. The number of hydrogen-bond acceptors (Lipinski definition) is 2. The molecular formula is C9H21NO2S. The van der Waals surface area contributed by atoms with Gasteiger partial charge in [0, 0.05) is 6.54 Å². The van der Waals surface area contributed by atoms with Gasteiger partial charge in [-0.3, -0.25) is 0 Å². The first-order chi connectivity index (χ1) is 5.69.